The van der Waals surface area contributed by atoms with E-state index in [1.165, 1.54) is 0 Å². The fraction of sp³-hybridized carbons (Fsp3) is 0.188. The highest BCUT2D eigenvalue weighted by Crippen LogP contribution is 2.16. The maximum absolute atomic E-state index is 12.0. The molecule has 1 heterocycles. The molecule has 3 aromatic rings. The van der Waals surface area contributed by atoms with Gasteiger partial charge in [0.1, 0.15) is 0 Å². The standard InChI is InChI=1S/C16H14N2O3/c1-2-14-17-18-15(21-14)10-20-16(19)13-8-7-11-5-3-4-6-12(11)9-13/h3-9H,2,10H2,1H3. The number of esters is 1. The molecule has 21 heavy (non-hydrogen) atoms. The van der Waals surface area contributed by atoms with Gasteiger partial charge in [-0.05, 0) is 22.9 Å². The predicted octanol–water partition coefficient (Wildman–Crippen LogP) is 3.14. The Morgan fingerprint density at radius 1 is 1.10 bits per heavy atom. The van der Waals surface area contributed by atoms with Crippen LogP contribution in [0.1, 0.15) is 29.1 Å². The first-order valence-corrected chi connectivity index (χ1v) is 6.73. The third kappa shape index (κ3) is 2.91. The number of carbonyl (C=O) groups is 1. The summed E-state index contributed by atoms with van der Waals surface area (Å²) in [5.41, 5.74) is 0.504. The second-order valence-electron chi connectivity index (χ2n) is 4.58. The number of hydrogen-bond donors (Lipinski definition) is 0. The SMILES string of the molecule is CCc1nnc(COC(=O)c2ccc3ccccc3c2)o1. The molecule has 0 aliphatic carbocycles. The number of ether oxygens (including phenoxy) is 1. The van der Waals surface area contributed by atoms with Crippen LogP contribution in [0.15, 0.2) is 46.9 Å². The number of nitrogens with zero attached hydrogens (tertiary/aromatic N) is 2. The Kier molecular flexibility index (Phi) is 3.64. The molecule has 0 spiro atoms. The van der Waals surface area contributed by atoms with Gasteiger partial charge in [0, 0.05) is 6.42 Å². The molecule has 0 amide bonds. The van der Waals surface area contributed by atoms with Crippen molar-refractivity contribution in [3.63, 3.8) is 0 Å². The molecule has 5 heteroatoms. The Balaban J connectivity index is 1.71. The second-order valence-corrected chi connectivity index (χ2v) is 4.58. The van der Waals surface area contributed by atoms with Gasteiger partial charge < -0.3 is 9.15 Å². The van der Waals surface area contributed by atoms with Gasteiger partial charge in [-0.3, -0.25) is 0 Å². The molecular formula is C16H14N2O3. The van der Waals surface area contributed by atoms with Crippen molar-refractivity contribution in [2.45, 2.75) is 20.0 Å². The van der Waals surface area contributed by atoms with Gasteiger partial charge in [0.2, 0.25) is 5.89 Å². The van der Waals surface area contributed by atoms with Gasteiger partial charge in [0.05, 0.1) is 5.56 Å². The first-order chi connectivity index (χ1) is 10.3. The maximum Gasteiger partial charge on any atom is 0.338 e. The van der Waals surface area contributed by atoms with Crippen LogP contribution in [0.2, 0.25) is 0 Å². The van der Waals surface area contributed by atoms with Crippen LogP contribution in [0.25, 0.3) is 10.8 Å². The van der Waals surface area contributed by atoms with E-state index in [-0.39, 0.29) is 6.61 Å². The minimum atomic E-state index is -0.406. The number of fused-ring (bicyclic) bond motifs is 1. The summed E-state index contributed by atoms with van der Waals surface area (Å²) in [4.78, 5) is 12.0. The van der Waals surface area contributed by atoms with Gasteiger partial charge in [0.15, 0.2) is 6.61 Å². The fourth-order valence-electron chi connectivity index (χ4n) is 2.02. The third-order valence-corrected chi connectivity index (χ3v) is 3.12. The molecular weight excluding hydrogens is 268 g/mol. The molecule has 2 aromatic carbocycles. The molecule has 0 N–H and O–H groups in total. The van der Waals surface area contributed by atoms with E-state index in [2.05, 4.69) is 10.2 Å². The summed E-state index contributed by atoms with van der Waals surface area (Å²) in [6, 6.07) is 13.3. The summed E-state index contributed by atoms with van der Waals surface area (Å²) in [5.74, 6) is 0.435. The van der Waals surface area contributed by atoms with Crippen LogP contribution in [0.3, 0.4) is 0 Å². The lowest BCUT2D eigenvalue weighted by molar-refractivity contribution is 0.0436. The van der Waals surface area contributed by atoms with Crippen LogP contribution < -0.4 is 0 Å². The molecule has 0 unspecified atom stereocenters. The van der Waals surface area contributed by atoms with Crippen molar-refractivity contribution in [2.24, 2.45) is 0 Å². The molecule has 0 aliphatic heterocycles. The highest BCUT2D eigenvalue weighted by Gasteiger charge is 2.11. The molecule has 0 aliphatic rings. The van der Waals surface area contributed by atoms with Crippen LogP contribution in [-0.4, -0.2) is 16.2 Å². The minimum Gasteiger partial charge on any atom is -0.452 e. The summed E-state index contributed by atoms with van der Waals surface area (Å²) >= 11 is 0. The van der Waals surface area contributed by atoms with Gasteiger partial charge in [-0.2, -0.15) is 0 Å². The monoisotopic (exact) mass is 282 g/mol. The number of hydrogen-bond acceptors (Lipinski definition) is 5. The molecule has 0 bridgehead atoms. The summed E-state index contributed by atoms with van der Waals surface area (Å²) in [6.07, 6.45) is 0.658. The molecule has 106 valence electrons. The average Bonchev–Trinajstić information content (AvgIpc) is 3.00. The number of benzene rings is 2. The molecule has 3 rings (SSSR count). The Morgan fingerprint density at radius 3 is 2.62 bits per heavy atom. The number of carbonyl (C=O) groups excluding carboxylic acids is 1. The number of aryl methyl sites for hydroxylation is 1. The predicted molar refractivity (Wildman–Crippen MR) is 76.7 cm³/mol. The lowest BCUT2D eigenvalue weighted by Gasteiger charge is -2.03. The first kappa shape index (κ1) is 13.3. The Labute approximate surface area is 121 Å². The van der Waals surface area contributed by atoms with Crippen molar-refractivity contribution < 1.29 is 13.9 Å². The van der Waals surface area contributed by atoms with E-state index in [9.17, 15) is 4.79 Å². The zero-order valence-corrected chi connectivity index (χ0v) is 11.6. The van der Waals surface area contributed by atoms with Crippen molar-refractivity contribution in [1.29, 1.82) is 0 Å². The molecule has 5 nitrogen and oxygen atoms in total. The zero-order chi connectivity index (χ0) is 14.7. The van der Waals surface area contributed by atoms with Gasteiger partial charge in [0.25, 0.3) is 5.89 Å². The van der Waals surface area contributed by atoms with Crippen LogP contribution in [-0.2, 0) is 17.8 Å². The largest absolute Gasteiger partial charge is 0.452 e. The van der Waals surface area contributed by atoms with E-state index in [0.29, 0.717) is 23.8 Å². The summed E-state index contributed by atoms with van der Waals surface area (Å²) in [6.45, 7) is 1.90. The normalized spacial score (nSPS) is 10.7. The lowest BCUT2D eigenvalue weighted by atomic mass is 10.1. The summed E-state index contributed by atoms with van der Waals surface area (Å²) in [7, 11) is 0. The first-order valence-electron chi connectivity index (χ1n) is 6.73. The second kappa shape index (κ2) is 5.75. The Bertz CT molecular complexity index is 780. The van der Waals surface area contributed by atoms with E-state index < -0.39 is 5.97 Å². The summed E-state index contributed by atoms with van der Waals surface area (Å²) in [5, 5.41) is 9.71. The molecule has 0 saturated carbocycles. The van der Waals surface area contributed by atoms with E-state index >= 15 is 0 Å². The molecule has 0 saturated heterocycles. The van der Waals surface area contributed by atoms with E-state index in [0.717, 1.165) is 10.8 Å². The fourth-order valence-corrected chi connectivity index (χ4v) is 2.02. The average molecular weight is 282 g/mol. The van der Waals surface area contributed by atoms with Crippen LogP contribution in [0.5, 0.6) is 0 Å². The summed E-state index contributed by atoms with van der Waals surface area (Å²) < 4.78 is 10.5. The van der Waals surface area contributed by atoms with Crippen LogP contribution in [0, 0.1) is 0 Å². The molecule has 1 aromatic heterocycles. The smallest absolute Gasteiger partial charge is 0.338 e. The molecule has 0 fully saturated rings. The van der Waals surface area contributed by atoms with Gasteiger partial charge >= 0.3 is 5.97 Å². The Hall–Kier alpha value is -2.69. The van der Waals surface area contributed by atoms with Crippen LogP contribution in [0.4, 0.5) is 0 Å². The van der Waals surface area contributed by atoms with E-state index in [1.807, 2.05) is 43.3 Å². The van der Waals surface area contributed by atoms with Crippen molar-refractivity contribution in [2.75, 3.05) is 0 Å². The van der Waals surface area contributed by atoms with Crippen LogP contribution >= 0.6 is 0 Å². The number of aromatic nitrogens is 2. The number of rotatable bonds is 4. The Morgan fingerprint density at radius 2 is 1.86 bits per heavy atom. The van der Waals surface area contributed by atoms with Gasteiger partial charge in [-0.15, -0.1) is 10.2 Å². The van der Waals surface area contributed by atoms with Crippen molar-refractivity contribution in [3.8, 4) is 0 Å². The van der Waals surface area contributed by atoms with Gasteiger partial charge in [-0.1, -0.05) is 37.3 Å². The van der Waals surface area contributed by atoms with Crippen molar-refractivity contribution in [3.05, 3.63) is 59.8 Å². The maximum atomic E-state index is 12.0. The molecule has 0 radical (unpaired) electrons. The third-order valence-electron chi connectivity index (χ3n) is 3.12. The highest BCUT2D eigenvalue weighted by atomic mass is 16.5. The quantitative estimate of drug-likeness (QED) is 0.688. The molecule has 0 atom stereocenters. The van der Waals surface area contributed by atoms with Crippen molar-refractivity contribution in [1.82, 2.24) is 10.2 Å². The van der Waals surface area contributed by atoms with Gasteiger partial charge in [-0.25, -0.2) is 4.79 Å². The minimum absolute atomic E-state index is 0.0152. The van der Waals surface area contributed by atoms with E-state index in [4.69, 9.17) is 9.15 Å². The van der Waals surface area contributed by atoms with Crippen molar-refractivity contribution >= 4 is 16.7 Å². The van der Waals surface area contributed by atoms with E-state index in [1.54, 1.807) is 6.07 Å². The lowest BCUT2D eigenvalue weighted by Crippen LogP contribution is -2.05. The zero-order valence-electron chi connectivity index (χ0n) is 11.6. The highest BCUT2D eigenvalue weighted by molar-refractivity contribution is 5.95. The topological polar surface area (TPSA) is 65.2 Å².